The monoisotopic (exact) mass is 338 g/mol. The Balaban J connectivity index is 1.88. The van der Waals surface area contributed by atoms with E-state index in [-0.39, 0.29) is 0 Å². The number of nitrogens with zero attached hydrogens (tertiary/aromatic N) is 2. The molecule has 5 heteroatoms. The SMILES string of the molecule is C=CN=C(N)c1ccc(Oc2ccc(CNCCC(C)C)cc2)nc1. The molecule has 0 amide bonds. The Labute approximate surface area is 149 Å². The van der Waals surface area contributed by atoms with Gasteiger partial charge in [0.25, 0.3) is 0 Å². The minimum atomic E-state index is 0.378. The summed E-state index contributed by atoms with van der Waals surface area (Å²) < 4.78 is 5.75. The Kier molecular flexibility index (Phi) is 7.16. The number of hydrogen-bond donors (Lipinski definition) is 2. The van der Waals surface area contributed by atoms with Crippen molar-refractivity contribution in [2.75, 3.05) is 6.54 Å². The van der Waals surface area contributed by atoms with Crippen molar-refractivity contribution in [3.05, 3.63) is 66.5 Å². The Morgan fingerprint density at radius 2 is 2.04 bits per heavy atom. The molecule has 0 saturated heterocycles. The molecule has 0 saturated carbocycles. The van der Waals surface area contributed by atoms with E-state index in [1.165, 1.54) is 18.2 Å². The summed E-state index contributed by atoms with van der Waals surface area (Å²) in [6.07, 6.45) is 4.22. The number of nitrogens with one attached hydrogen (secondary N) is 1. The molecule has 1 aromatic carbocycles. The van der Waals surface area contributed by atoms with Crippen LogP contribution in [0, 0.1) is 5.92 Å². The van der Waals surface area contributed by atoms with Gasteiger partial charge in [-0.3, -0.25) is 0 Å². The van der Waals surface area contributed by atoms with Crippen molar-refractivity contribution in [1.82, 2.24) is 10.3 Å². The summed E-state index contributed by atoms with van der Waals surface area (Å²) >= 11 is 0. The van der Waals surface area contributed by atoms with E-state index in [9.17, 15) is 0 Å². The van der Waals surface area contributed by atoms with Crippen molar-refractivity contribution < 1.29 is 4.74 Å². The van der Waals surface area contributed by atoms with Gasteiger partial charge in [0.1, 0.15) is 11.6 Å². The molecule has 3 N–H and O–H groups in total. The van der Waals surface area contributed by atoms with Crippen molar-refractivity contribution in [2.45, 2.75) is 26.8 Å². The number of nitrogens with two attached hydrogens (primary N) is 1. The predicted molar refractivity (Wildman–Crippen MR) is 103 cm³/mol. The minimum absolute atomic E-state index is 0.378. The highest BCUT2D eigenvalue weighted by Crippen LogP contribution is 2.20. The van der Waals surface area contributed by atoms with E-state index in [1.54, 1.807) is 12.3 Å². The lowest BCUT2D eigenvalue weighted by molar-refractivity contribution is 0.462. The molecule has 0 unspecified atom stereocenters. The number of aliphatic imine (C=N–C) groups is 1. The van der Waals surface area contributed by atoms with Crippen molar-refractivity contribution in [3.8, 4) is 11.6 Å². The number of amidine groups is 1. The molecule has 2 rings (SSSR count). The smallest absolute Gasteiger partial charge is 0.219 e. The number of pyridine rings is 1. The normalized spacial score (nSPS) is 11.6. The third-order valence-corrected chi connectivity index (χ3v) is 3.64. The van der Waals surface area contributed by atoms with Crippen molar-refractivity contribution in [2.24, 2.45) is 16.6 Å². The van der Waals surface area contributed by atoms with E-state index >= 15 is 0 Å². The van der Waals surface area contributed by atoms with Crippen molar-refractivity contribution in [1.29, 1.82) is 0 Å². The van der Waals surface area contributed by atoms with Crippen LogP contribution < -0.4 is 15.8 Å². The lowest BCUT2D eigenvalue weighted by atomic mass is 10.1. The molecule has 5 nitrogen and oxygen atoms in total. The molecule has 0 aliphatic carbocycles. The Morgan fingerprint density at radius 1 is 1.28 bits per heavy atom. The average Bonchev–Trinajstić information content (AvgIpc) is 2.61. The molecule has 0 aliphatic heterocycles. The van der Waals surface area contributed by atoms with Gasteiger partial charge < -0.3 is 15.8 Å². The first-order valence-corrected chi connectivity index (χ1v) is 8.46. The molecule has 2 aromatic rings. The van der Waals surface area contributed by atoms with Crippen LogP contribution in [0.2, 0.25) is 0 Å². The molecule has 25 heavy (non-hydrogen) atoms. The van der Waals surface area contributed by atoms with Gasteiger partial charge in [0.05, 0.1) is 0 Å². The van der Waals surface area contributed by atoms with Crippen LogP contribution in [0.1, 0.15) is 31.4 Å². The van der Waals surface area contributed by atoms with E-state index in [0.29, 0.717) is 11.7 Å². The Bertz CT molecular complexity index is 691. The highest BCUT2D eigenvalue weighted by molar-refractivity contribution is 5.97. The number of ether oxygens (including phenoxy) is 1. The lowest BCUT2D eigenvalue weighted by Crippen LogP contribution is -2.16. The van der Waals surface area contributed by atoms with E-state index in [2.05, 4.69) is 47.9 Å². The minimum Gasteiger partial charge on any atom is -0.439 e. The van der Waals surface area contributed by atoms with Crippen LogP contribution >= 0.6 is 0 Å². The van der Waals surface area contributed by atoms with Crippen LogP contribution in [0.25, 0.3) is 0 Å². The first kappa shape index (κ1) is 18.7. The quantitative estimate of drug-likeness (QED) is 0.414. The summed E-state index contributed by atoms with van der Waals surface area (Å²) in [5.41, 5.74) is 7.74. The summed E-state index contributed by atoms with van der Waals surface area (Å²) in [6, 6.07) is 11.6. The molecule has 132 valence electrons. The van der Waals surface area contributed by atoms with Crippen molar-refractivity contribution in [3.63, 3.8) is 0 Å². The number of aromatic nitrogens is 1. The van der Waals surface area contributed by atoms with E-state index in [0.717, 1.165) is 30.3 Å². The molecule has 0 atom stereocenters. The number of benzene rings is 1. The molecule has 1 heterocycles. The van der Waals surface area contributed by atoms with Crippen LogP contribution in [0.3, 0.4) is 0 Å². The topological polar surface area (TPSA) is 72.5 Å². The summed E-state index contributed by atoms with van der Waals surface area (Å²) in [5, 5.41) is 3.45. The van der Waals surface area contributed by atoms with E-state index < -0.39 is 0 Å². The highest BCUT2D eigenvalue weighted by atomic mass is 16.5. The number of hydrogen-bond acceptors (Lipinski definition) is 4. The second kappa shape index (κ2) is 9.59. The Morgan fingerprint density at radius 3 is 2.64 bits per heavy atom. The maximum absolute atomic E-state index is 5.78. The maximum atomic E-state index is 5.78. The maximum Gasteiger partial charge on any atom is 0.219 e. The summed E-state index contributed by atoms with van der Waals surface area (Å²) in [4.78, 5) is 8.18. The fraction of sp³-hybridized carbons (Fsp3) is 0.300. The third-order valence-electron chi connectivity index (χ3n) is 3.64. The number of rotatable bonds is 9. The van der Waals surface area contributed by atoms with Gasteiger partial charge in [-0.05, 0) is 42.6 Å². The van der Waals surface area contributed by atoms with Gasteiger partial charge in [-0.1, -0.05) is 32.6 Å². The van der Waals surface area contributed by atoms with Gasteiger partial charge in [0.2, 0.25) is 5.88 Å². The largest absolute Gasteiger partial charge is 0.439 e. The lowest BCUT2D eigenvalue weighted by Gasteiger charge is -2.09. The third kappa shape index (κ3) is 6.39. The van der Waals surface area contributed by atoms with Gasteiger partial charge in [-0.2, -0.15) is 0 Å². The van der Waals surface area contributed by atoms with Crippen LogP contribution in [0.15, 0.2) is 60.4 Å². The molecule has 0 bridgehead atoms. The molecular formula is C20H26N4O. The first-order chi connectivity index (χ1) is 12.1. The zero-order valence-corrected chi connectivity index (χ0v) is 14.9. The van der Waals surface area contributed by atoms with Crippen molar-refractivity contribution >= 4 is 5.84 Å². The van der Waals surface area contributed by atoms with Gasteiger partial charge in [0, 0.05) is 30.6 Å². The van der Waals surface area contributed by atoms with Crippen LogP contribution in [-0.4, -0.2) is 17.4 Å². The molecule has 0 spiro atoms. The molecule has 0 radical (unpaired) electrons. The molecule has 0 fully saturated rings. The fourth-order valence-electron chi connectivity index (χ4n) is 2.18. The van der Waals surface area contributed by atoms with Gasteiger partial charge >= 0.3 is 0 Å². The van der Waals surface area contributed by atoms with E-state index in [4.69, 9.17) is 10.5 Å². The summed E-state index contributed by atoms with van der Waals surface area (Å²) in [7, 11) is 0. The Hall–Kier alpha value is -2.66. The van der Waals surface area contributed by atoms with E-state index in [1.807, 2.05) is 18.2 Å². The summed E-state index contributed by atoms with van der Waals surface area (Å²) in [5.74, 6) is 2.36. The predicted octanol–water partition coefficient (Wildman–Crippen LogP) is 3.86. The first-order valence-electron chi connectivity index (χ1n) is 8.46. The zero-order valence-electron chi connectivity index (χ0n) is 14.9. The molecule has 1 aromatic heterocycles. The highest BCUT2D eigenvalue weighted by Gasteiger charge is 2.02. The van der Waals surface area contributed by atoms with Gasteiger partial charge in [0.15, 0.2) is 0 Å². The molecule has 0 aliphatic rings. The second-order valence-corrected chi connectivity index (χ2v) is 6.19. The van der Waals surface area contributed by atoms with Crippen LogP contribution in [0.5, 0.6) is 11.6 Å². The molecular weight excluding hydrogens is 312 g/mol. The zero-order chi connectivity index (χ0) is 18.1. The summed E-state index contributed by atoms with van der Waals surface area (Å²) in [6.45, 7) is 9.88. The van der Waals surface area contributed by atoms with Gasteiger partial charge in [-0.25, -0.2) is 9.98 Å². The average molecular weight is 338 g/mol. The van der Waals surface area contributed by atoms with Gasteiger partial charge in [-0.15, -0.1) is 0 Å². The second-order valence-electron chi connectivity index (χ2n) is 6.19. The van der Waals surface area contributed by atoms with Crippen LogP contribution in [-0.2, 0) is 6.54 Å². The standard InChI is InChI=1S/C20H26N4O/c1-4-23-20(21)17-7-10-19(24-14-17)25-18-8-5-16(6-9-18)13-22-12-11-15(2)3/h4-10,14-15,22H,1,11-13H2,2-3H3,(H2,21,23). The van der Waals surface area contributed by atoms with Crippen LogP contribution in [0.4, 0.5) is 0 Å². The fourth-order valence-corrected chi connectivity index (χ4v) is 2.18.